The molecule has 5 nitrogen and oxygen atoms in total. The molecule has 0 unspecified atom stereocenters. The molecule has 3 aromatic rings. The molecule has 0 heterocycles. The van der Waals surface area contributed by atoms with Crippen LogP contribution in [0.2, 0.25) is 10.0 Å². The summed E-state index contributed by atoms with van der Waals surface area (Å²) in [6.45, 7) is 1.72. The van der Waals surface area contributed by atoms with Crippen molar-refractivity contribution in [2.24, 2.45) is 5.10 Å². The molecule has 0 spiro atoms. The maximum atomic E-state index is 13.7. The summed E-state index contributed by atoms with van der Waals surface area (Å²) < 4.78 is 13.7. The Labute approximate surface area is 182 Å². The van der Waals surface area contributed by atoms with E-state index in [0.717, 1.165) is 5.56 Å². The molecular formula is C22H16Cl2FN3O2. The van der Waals surface area contributed by atoms with Crippen LogP contribution in [0.1, 0.15) is 33.2 Å². The van der Waals surface area contributed by atoms with E-state index in [2.05, 4.69) is 15.8 Å². The molecule has 0 aromatic heterocycles. The van der Waals surface area contributed by atoms with Crippen molar-refractivity contribution >= 4 is 46.4 Å². The van der Waals surface area contributed by atoms with Crippen molar-refractivity contribution in [2.45, 2.75) is 6.92 Å². The molecule has 30 heavy (non-hydrogen) atoms. The fraction of sp³-hybridized carbons (Fsp3) is 0.0455. The van der Waals surface area contributed by atoms with Gasteiger partial charge in [0.15, 0.2) is 0 Å². The molecule has 0 bridgehead atoms. The van der Waals surface area contributed by atoms with E-state index in [1.54, 1.807) is 43.3 Å². The Morgan fingerprint density at radius 1 is 0.900 bits per heavy atom. The molecule has 0 atom stereocenters. The second-order valence-electron chi connectivity index (χ2n) is 6.27. The largest absolute Gasteiger partial charge is 0.322 e. The second kappa shape index (κ2) is 9.52. The van der Waals surface area contributed by atoms with Gasteiger partial charge in [0.2, 0.25) is 0 Å². The summed E-state index contributed by atoms with van der Waals surface area (Å²) in [5.41, 5.74) is 4.36. The SMILES string of the molecule is C/C(=N/NC(=O)c1cc(Cl)ccc1Cl)c1ccc(NC(=O)c2ccccc2F)cc1. The van der Waals surface area contributed by atoms with Crippen LogP contribution in [-0.4, -0.2) is 17.5 Å². The van der Waals surface area contributed by atoms with Crippen LogP contribution in [-0.2, 0) is 0 Å². The number of hydrogen-bond donors (Lipinski definition) is 2. The maximum absolute atomic E-state index is 13.7. The van der Waals surface area contributed by atoms with Crippen LogP contribution in [0.25, 0.3) is 0 Å². The van der Waals surface area contributed by atoms with E-state index in [4.69, 9.17) is 23.2 Å². The van der Waals surface area contributed by atoms with E-state index >= 15 is 0 Å². The Morgan fingerprint density at radius 3 is 2.30 bits per heavy atom. The van der Waals surface area contributed by atoms with Gasteiger partial charge in [-0.1, -0.05) is 47.5 Å². The molecule has 0 saturated heterocycles. The van der Waals surface area contributed by atoms with Crippen LogP contribution in [0.3, 0.4) is 0 Å². The van der Waals surface area contributed by atoms with Crippen molar-refractivity contribution in [3.8, 4) is 0 Å². The van der Waals surface area contributed by atoms with Crippen molar-refractivity contribution < 1.29 is 14.0 Å². The molecule has 152 valence electrons. The number of amides is 2. The van der Waals surface area contributed by atoms with Gasteiger partial charge in [-0.05, 0) is 55.0 Å². The van der Waals surface area contributed by atoms with Gasteiger partial charge in [0.25, 0.3) is 11.8 Å². The van der Waals surface area contributed by atoms with E-state index in [1.807, 2.05) is 0 Å². The van der Waals surface area contributed by atoms with Crippen LogP contribution >= 0.6 is 23.2 Å². The van der Waals surface area contributed by atoms with Crippen LogP contribution in [0, 0.1) is 5.82 Å². The average Bonchev–Trinajstić information content (AvgIpc) is 2.74. The van der Waals surface area contributed by atoms with Gasteiger partial charge in [0.05, 0.1) is 21.9 Å². The summed E-state index contributed by atoms with van der Waals surface area (Å²) in [4.78, 5) is 24.4. The third-order valence-corrected chi connectivity index (χ3v) is 4.74. The van der Waals surface area contributed by atoms with Crippen molar-refractivity contribution in [3.05, 3.63) is 99.3 Å². The summed E-state index contributed by atoms with van der Waals surface area (Å²) in [7, 11) is 0. The van der Waals surface area contributed by atoms with Gasteiger partial charge in [-0.15, -0.1) is 0 Å². The minimum atomic E-state index is -0.592. The molecule has 3 aromatic carbocycles. The molecule has 0 aliphatic carbocycles. The van der Waals surface area contributed by atoms with Gasteiger partial charge < -0.3 is 5.32 Å². The minimum Gasteiger partial charge on any atom is -0.322 e. The van der Waals surface area contributed by atoms with Gasteiger partial charge >= 0.3 is 0 Å². The van der Waals surface area contributed by atoms with Gasteiger partial charge in [-0.3, -0.25) is 9.59 Å². The quantitative estimate of drug-likeness (QED) is 0.401. The summed E-state index contributed by atoms with van der Waals surface area (Å²) in [6.07, 6.45) is 0. The number of benzene rings is 3. The molecule has 2 N–H and O–H groups in total. The minimum absolute atomic E-state index is 0.0401. The summed E-state index contributed by atoms with van der Waals surface area (Å²) in [5.74, 6) is -1.63. The molecule has 8 heteroatoms. The predicted octanol–water partition coefficient (Wildman–Crippen LogP) is 5.54. The Kier molecular flexibility index (Phi) is 6.82. The van der Waals surface area contributed by atoms with E-state index < -0.39 is 17.6 Å². The first-order chi connectivity index (χ1) is 14.3. The molecular weight excluding hydrogens is 428 g/mol. The molecule has 2 amide bonds. The van der Waals surface area contributed by atoms with Crippen molar-refractivity contribution in [1.29, 1.82) is 0 Å². The highest BCUT2D eigenvalue weighted by molar-refractivity contribution is 6.35. The number of nitrogens with one attached hydrogen (secondary N) is 2. The third kappa shape index (κ3) is 5.23. The normalized spacial score (nSPS) is 11.1. The number of rotatable bonds is 5. The van der Waals surface area contributed by atoms with E-state index in [9.17, 15) is 14.0 Å². The van der Waals surface area contributed by atoms with E-state index in [0.29, 0.717) is 16.4 Å². The number of hydrazone groups is 1. The molecule has 0 radical (unpaired) electrons. The topological polar surface area (TPSA) is 70.6 Å². The van der Waals surface area contributed by atoms with Crippen LogP contribution < -0.4 is 10.7 Å². The Hall–Kier alpha value is -3.22. The zero-order valence-electron chi connectivity index (χ0n) is 15.7. The first kappa shape index (κ1) is 21.5. The van der Waals surface area contributed by atoms with Gasteiger partial charge in [0.1, 0.15) is 5.82 Å². The van der Waals surface area contributed by atoms with Crippen molar-refractivity contribution in [1.82, 2.24) is 5.43 Å². The standard InChI is InChI=1S/C22H16Cl2FN3O2/c1-13(27-28-22(30)18-12-15(23)8-11-19(18)24)14-6-9-16(10-7-14)26-21(29)17-4-2-3-5-20(17)25/h2-12H,1H3,(H,26,29)(H,28,30)/b27-13-. The summed E-state index contributed by atoms with van der Waals surface area (Å²) in [5, 5.41) is 7.35. The van der Waals surface area contributed by atoms with E-state index in [1.165, 1.54) is 30.3 Å². The predicted molar refractivity (Wildman–Crippen MR) is 117 cm³/mol. The highest BCUT2D eigenvalue weighted by atomic mass is 35.5. The lowest BCUT2D eigenvalue weighted by Crippen LogP contribution is -2.19. The van der Waals surface area contributed by atoms with Gasteiger partial charge in [0, 0.05) is 10.7 Å². The lowest BCUT2D eigenvalue weighted by molar-refractivity contribution is 0.0954. The molecule has 0 saturated carbocycles. The molecule has 0 aliphatic heterocycles. The van der Waals surface area contributed by atoms with Gasteiger partial charge in [-0.25, -0.2) is 9.82 Å². The number of halogens is 3. The maximum Gasteiger partial charge on any atom is 0.272 e. The summed E-state index contributed by atoms with van der Waals surface area (Å²) >= 11 is 11.9. The van der Waals surface area contributed by atoms with Crippen LogP contribution in [0.5, 0.6) is 0 Å². The highest BCUT2D eigenvalue weighted by Crippen LogP contribution is 2.20. The fourth-order valence-corrected chi connectivity index (χ4v) is 2.94. The van der Waals surface area contributed by atoms with Crippen molar-refractivity contribution in [3.63, 3.8) is 0 Å². The molecule has 0 fully saturated rings. The second-order valence-corrected chi connectivity index (χ2v) is 7.12. The first-order valence-electron chi connectivity index (χ1n) is 8.81. The van der Waals surface area contributed by atoms with Crippen LogP contribution in [0.15, 0.2) is 71.8 Å². The Bertz CT molecular complexity index is 1130. The lowest BCUT2D eigenvalue weighted by Gasteiger charge is -2.08. The molecule has 0 aliphatic rings. The van der Waals surface area contributed by atoms with E-state index in [-0.39, 0.29) is 16.1 Å². The smallest absolute Gasteiger partial charge is 0.272 e. The lowest BCUT2D eigenvalue weighted by atomic mass is 10.1. The van der Waals surface area contributed by atoms with Gasteiger partial charge in [-0.2, -0.15) is 5.10 Å². The third-order valence-electron chi connectivity index (χ3n) is 4.18. The zero-order chi connectivity index (χ0) is 21.7. The monoisotopic (exact) mass is 443 g/mol. The number of anilines is 1. The number of hydrogen-bond acceptors (Lipinski definition) is 3. The number of carbonyl (C=O) groups is 2. The number of nitrogens with zero attached hydrogens (tertiary/aromatic N) is 1. The highest BCUT2D eigenvalue weighted by Gasteiger charge is 2.12. The fourth-order valence-electron chi connectivity index (χ4n) is 2.57. The van der Waals surface area contributed by atoms with Crippen molar-refractivity contribution in [2.75, 3.05) is 5.32 Å². The Balaban J connectivity index is 1.66. The first-order valence-corrected chi connectivity index (χ1v) is 9.57. The molecule has 3 rings (SSSR count). The zero-order valence-corrected chi connectivity index (χ0v) is 17.3. The number of carbonyl (C=O) groups excluding carboxylic acids is 2. The summed E-state index contributed by atoms with van der Waals surface area (Å²) in [6, 6.07) is 17.1. The Morgan fingerprint density at radius 2 is 1.60 bits per heavy atom. The van der Waals surface area contributed by atoms with Crippen LogP contribution in [0.4, 0.5) is 10.1 Å². The average molecular weight is 444 g/mol.